The van der Waals surface area contributed by atoms with Crippen LogP contribution >= 0.6 is 11.3 Å². The van der Waals surface area contributed by atoms with Crippen molar-refractivity contribution in [3.05, 3.63) is 22.4 Å². The van der Waals surface area contributed by atoms with E-state index in [0.717, 1.165) is 25.9 Å². The lowest BCUT2D eigenvalue weighted by Gasteiger charge is -2.23. The SMILES string of the molecule is CC(NC(=O)[C@@H]1CCCNC1)c1ccsc1. The van der Waals surface area contributed by atoms with Crippen molar-refractivity contribution >= 4 is 17.2 Å². The van der Waals surface area contributed by atoms with Gasteiger partial charge in [0.15, 0.2) is 0 Å². The van der Waals surface area contributed by atoms with Crippen LogP contribution in [0.1, 0.15) is 31.4 Å². The number of carbonyl (C=O) groups excluding carboxylic acids is 1. The van der Waals surface area contributed by atoms with E-state index in [1.54, 1.807) is 11.3 Å². The Labute approximate surface area is 100 Å². The summed E-state index contributed by atoms with van der Waals surface area (Å²) in [6.45, 7) is 3.91. The van der Waals surface area contributed by atoms with Gasteiger partial charge >= 0.3 is 0 Å². The minimum atomic E-state index is 0.126. The summed E-state index contributed by atoms with van der Waals surface area (Å²) in [6, 6.07) is 2.19. The van der Waals surface area contributed by atoms with E-state index in [1.807, 2.05) is 12.3 Å². The molecule has 1 fully saturated rings. The van der Waals surface area contributed by atoms with Crippen molar-refractivity contribution < 1.29 is 4.79 Å². The minimum Gasteiger partial charge on any atom is -0.349 e. The second kappa shape index (κ2) is 5.46. The highest BCUT2D eigenvalue weighted by Gasteiger charge is 2.22. The molecule has 88 valence electrons. The molecule has 0 bridgehead atoms. The van der Waals surface area contributed by atoms with E-state index in [0.29, 0.717) is 0 Å². The monoisotopic (exact) mass is 238 g/mol. The van der Waals surface area contributed by atoms with Crippen LogP contribution in [-0.2, 0) is 4.79 Å². The van der Waals surface area contributed by atoms with Crippen molar-refractivity contribution in [1.29, 1.82) is 0 Å². The van der Waals surface area contributed by atoms with Gasteiger partial charge in [-0.1, -0.05) is 0 Å². The fourth-order valence-corrected chi connectivity index (χ4v) is 2.77. The number of amides is 1. The van der Waals surface area contributed by atoms with Crippen LogP contribution in [0.15, 0.2) is 16.8 Å². The van der Waals surface area contributed by atoms with E-state index in [9.17, 15) is 4.79 Å². The smallest absolute Gasteiger partial charge is 0.224 e. The summed E-state index contributed by atoms with van der Waals surface area (Å²) < 4.78 is 0. The molecule has 0 radical (unpaired) electrons. The van der Waals surface area contributed by atoms with Crippen molar-refractivity contribution in [1.82, 2.24) is 10.6 Å². The molecule has 1 unspecified atom stereocenters. The number of carbonyl (C=O) groups is 1. The first kappa shape index (κ1) is 11.6. The molecule has 2 N–H and O–H groups in total. The van der Waals surface area contributed by atoms with Crippen LogP contribution in [0.2, 0.25) is 0 Å². The average molecular weight is 238 g/mol. The molecular weight excluding hydrogens is 220 g/mol. The molecule has 2 atom stereocenters. The van der Waals surface area contributed by atoms with E-state index >= 15 is 0 Å². The van der Waals surface area contributed by atoms with Crippen LogP contribution < -0.4 is 10.6 Å². The third-order valence-electron chi connectivity index (χ3n) is 3.07. The summed E-state index contributed by atoms with van der Waals surface area (Å²) >= 11 is 1.67. The molecule has 1 saturated heterocycles. The molecule has 0 spiro atoms. The number of thiophene rings is 1. The second-order valence-corrected chi connectivity index (χ2v) is 5.11. The molecule has 1 aromatic rings. The van der Waals surface area contributed by atoms with Gasteiger partial charge in [-0.3, -0.25) is 4.79 Å². The lowest BCUT2D eigenvalue weighted by molar-refractivity contribution is -0.126. The Morgan fingerprint density at radius 3 is 3.19 bits per heavy atom. The molecule has 1 aliphatic heterocycles. The molecular formula is C12H18N2OS. The molecule has 1 amide bonds. The van der Waals surface area contributed by atoms with E-state index < -0.39 is 0 Å². The molecule has 1 aromatic heterocycles. The van der Waals surface area contributed by atoms with Crippen LogP contribution in [0.25, 0.3) is 0 Å². The van der Waals surface area contributed by atoms with Gasteiger partial charge in [0.2, 0.25) is 5.91 Å². The molecule has 0 aromatic carbocycles. The summed E-state index contributed by atoms with van der Waals surface area (Å²) in [4.78, 5) is 12.0. The van der Waals surface area contributed by atoms with Crippen LogP contribution in [0.5, 0.6) is 0 Å². The van der Waals surface area contributed by atoms with Gasteiger partial charge in [0.25, 0.3) is 0 Å². The first-order valence-corrected chi connectivity index (χ1v) is 6.75. The van der Waals surface area contributed by atoms with Gasteiger partial charge in [-0.05, 0) is 48.7 Å². The van der Waals surface area contributed by atoms with Crippen LogP contribution in [-0.4, -0.2) is 19.0 Å². The van der Waals surface area contributed by atoms with E-state index in [-0.39, 0.29) is 17.9 Å². The van der Waals surface area contributed by atoms with Crippen molar-refractivity contribution in [3.63, 3.8) is 0 Å². The van der Waals surface area contributed by atoms with Gasteiger partial charge in [-0.2, -0.15) is 11.3 Å². The Bertz CT molecular complexity index is 331. The number of rotatable bonds is 3. The number of hydrogen-bond acceptors (Lipinski definition) is 3. The maximum Gasteiger partial charge on any atom is 0.224 e. The molecule has 3 nitrogen and oxygen atoms in total. The molecule has 1 aliphatic rings. The molecule has 16 heavy (non-hydrogen) atoms. The summed E-state index contributed by atoms with van der Waals surface area (Å²) in [7, 11) is 0. The summed E-state index contributed by atoms with van der Waals surface area (Å²) in [5, 5.41) is 10.5. The van der Waals surface area contributed by atoms with E-state index in [1.165, 1.54) is 5.56 Å². The predicted octanol–water partition coefficient (Wildman–Crippen LogP) is 1.92. The minimum absolute atomic E-state index is 0.126. The highest BCUT2D eigenvalue weighted by atomic mass is 32.1. The average Bonchev–Trinajstić information content (AvgIpc) is 2.83. The lowest BCUT2D eigenvalue weighted by Crippen LogP contribution is -2.41. The topological polar surface area (TPSA) is 41.1 Å². The first-order chi connectivity index (χ1) is 7.77. The molecule has 2 heterocycles. The van der Waals surface area contributed by atoms with Gasteiger partial charge in [-0.25, -0.2) is 0 Å². The zero-order valence-electron chi connectivity index (χ0n) is 9.53. The van der Waals surface area contributed by atoms with Gasteiger partial charge in [-0.15, -0.1) is 0 Å². The molecule has 2 rings (SSSR count). The second-order valence-electron chi connectivity index (χ2n) is 4.33. The lowest BCUT2D eigenvalue weighted by atomic mass is 9.98. The van der Waals surface area contributed by atoms with Gasteiger partial charge in [0.05, 0.1) is 12.0 Å². The Balaban J connectivity index is 1.86. The Morgan fingerprint density at radius 1 is 1.69 bits per heavy atom. The van der Waals surface area contributed by atoms with Crippen molar-refractivity contribution in [3.8, 4) is 0 Å². The molecule has 0 aliphatic carbocycles. The van der Waals surface area contributed by atoms with Gasteiger partial charge in [0, 0.05) is 6.54 Å². The Morgan fingerprint density at radius 2 is 2.56 bits per heavy atom. The van der Waals surface area contributed by atoms with E-state index in [4.69, 9.17) is 0 Å². The largest absolute Gasteiger partial charge is 0.349 e. The van der Waals surface area contributed by atoms with Gasteiger partial charge in [0.1, 0.15) is 0 Å². The summed E-state index contributed by atoms with van der Waals surface area (Å²) in [5.41, 5.74) is 1.20. The standard InChI is InChI=1S/C12H18N2OS/c1-9(11-4-6-16-8-11)14-12(15)10-3-2-5-13-7-10/h4,6,8-10,13H,2-3,5,7H2,1H3,(H,14,15)/t9?,10-/m1/s1. The zero-order valence-corrected chi connectivity index (χ0v) is 10.3. The normalized spacial score (nSPS) is 22.7. The highest BCUT2D eigenvalue weighted by molar-refractivity contribution is 7.07. The van der Waals surface area contributed by atoms with Crippen LogP contribution in [0, 0.1) is 5.92 Å². The van der Waals surface area contributed by atoms with Gasteiger partial charge < -0.3 is 10.6 Å². The van der Waals surface area contributed by atoms with Crippen molar-refractivity contribution in [2.75, 3.05) is 13.1 Å². The fraction of sp³-hybridized carbons (Fsp3) is 0.583. The third kappa shape index (κ3) is 2.83. The van der Waals surface area contributed by atoms with Crippen molar-refractivity contribution in [2.45, 2.75) is 25.8 Å². The Kier molecular flexibility index (Phi) is 3.96. The maximum absolute atomic E-state index is 12.0. The summed E-state index contributed by atoms with van der Waals surface area (Å²) in [5.74, 6) is 0.334. The quantitative estimate of drug-likeness (QED) is 0.845. The maximum atomic E-state index is 12.0. The zero-order chi connectivity index (χ0) is 11.4. The number of hydrogen-bond donors (Lipinski definition) is 2. The fourth-order valence-electron chi connectivity index (χ4n) is 2.01. The summed E-state index contributed by atoms with van der Waals surface area (Å²) in [6.07, 6.45) is 2.11. The predicted molar refractivity (Wildman–Crippen MR) is 66.5 cm³/mol. The number of piperidine rings is 1. The molecule has 4 heteroatoms. The number of nitrogens with one attached hydrogen (secondary N) is 2. The van der Waals surface area contributed by atoms with Crippen molar-refractivity contribution in [2.24, 2.45) is 5.92 Å². The van der Waals surface area contributed by atoms with Crippen LogP contribution in [0.3, 0.4) is 0 Å². The molecule has 0 saturated carbocycles. The Hall–Kier alpha value is -0.870. The third-order valence-corrected chi connectivity index (χ3v) is 3.77. The first-order valence-electron chi connectivity index (χ1n) is 5.80. The highest BCUT2D eigenvalue weighted by Crippen LogP contribution is 2.17. The van der Waals surface area contributed by atoms with E-state index in [2.05, 4.69) is 22.1 Å². The van der Waals surface area contributed by atoms with Crippen LogP contribution in [0.4, 0.5) is 0 Å².